The third-order valence-corrected chi connectivity index (χ3v) is 5.63. The normalized spacial score (nSPS) is 36.2. The van der Waals surface area contributed by atoms with Crippen LogP contribution in [-0.2, 0) is 23.8 Å². The smallest absolute Gasteiger partial charge is 0.317 e. The lowest BCUT2D eigenvalue weighted by Crippen LogP contribution is -2.48. The van der Waals surface area contributed by atoms with E-state index < -0.39 is 11.3 Å². The van der Waals surface area contributed by atoms with Crippen LogP contribution in [0.15, 0.2) is 23.7 Å². The number of esters is 2. The maximum Gasteiger partial charge on any atom is 0.317 e. The van der Waals surface area contributed by atoms with E-state index in [9.17, 15) is 9.59 Å². The van der Waals surface area contributed by atoms with Gasteiger partial charge in [-0.1, -0.05) is 6.92 Å². The first-order chi connectivity index (χ1) is 10.6. The molecule has 0 aromatic carbocycles. The lowest BCUT2D eigenvalue weighted by molar-refractivity contribution is -0.165. The molecule has 22 heavy (non-hydrogen) atoms. The molecular formula is C17H22O5. The molecule has 120 valence electrons. The van der Waals surface area contributed by atoms with Gasteiger partial charge in [-0.05, 0) is 48.7 Å². The van der Waals surface area contributed by atoms with Gasteiger partial charge in [0.25, 0.3) is 0 Å². The summed E-state index contributed by atoms with van der Waals surface area (Å²) in [6.45, 7) is 2.16. The minimum atomic E-state index is -0.972. The Morgan fingerprint density at radius 1 is 1.18 bits per heavy atom. The first kappa shape index (κ1) is 15.1. The van der Waals surface area contributed by atoms with Crippen LogP contribution in [0.25, 0.3) is 0 Å². The van der Waals surface area contributed by atoms with Gasteiger partial charge in [0.05, 0.1) is 26.7 Å². The van der Waals surface area contributed by atoms with Gasteiger partial charge in [0.1, 0.15) is 11.3 Å². The Labute approximate surface area is 130 Å². The van der Waals surface area contributed by atoms with Gasteiger partial charge in [-0.15, -0.1) is 0 Å². The standard InChI is InChI=1S/C17H22O5/c1-10-4-5-11-8-22-9-12-6-7-13(10)17(12,16(19)21-3)14(11)15(18)20-2/h8-10,13-14H,4-7H2,1-3H3/t10-,13+,14-,17-/m1/s1. The van der Waals surface area contributed by atoms with Crippen molar-refractivity contribution in [2.75, 3.05) is 14.2 Å². The van der Waals surface area contributed by atoms with E-state index in [2.05, 4.69) is 6.92 Å². The van der Waals surface area contributed by atoms with E-state index in [0.29, 0.717) is 5.92 Å². The van der Waals surface area contributed by atoms with Gasteiger partial charge in [0.2, 0.25) is 0 Å². The summed E-state index contributed by atoms with van der Waals surface area (Å²) in [7, 11) is 2.75. The summed E-state index contributed by atoms with van der Waals surface area (Å²) in [5.74, 6) is -0.962. The van der Waals surface area contributed by atoms with Crippen molar-refractivity contribution >= 4 is 11.9 Å². The van der Waals surface area contributed by atoms with Gasteiger partial charge < -0.3 is 14.2 Å². The number of carbonyl (C=O) groups is 2. The molecule has 0 unspecified atom stereocenters. The quantitative estimate of drug-likeness (QED) is 0.734. The lowest BCUT2D eigenvalue weighted by Gasteiger charge is -2.39. The summed E-state index contributed by atoms with van der Waals surface area (Å²) in [6.07, 6.45) is 6.53. The van der Waals surface area contributed by atoms with Crippen LogP contribution in [0.5, 0.6) is 0 Å². The van der Waals surface area contributed by atoms with E-state index in [4.69, 9.17) is 14.2 Å². The topological polar surface area (TPSA) is 61.8 Å². The molecular weight excluding hydrogens is 284 g/mol. The summed E-state index contributed by atoms with van der Waals surface area (Å²) in [6, 6.07) is 0. The molecule has 0 radical (unpaired) electrons. The molecule has 2 fully saturated rings. The fourth-order valence-corrected chi connectivity index (χ4v) is 4.66. The Hall–Kier alpha value is -1.78. The molecule has 4 atom stereocenters. The highest BCUT2D eigenvalue weighted by Gasteiger charge is 2.64. The summed E-state index contributed by atoms with van der Waals surface area (Å²) in [5.41, 5.74) is 0.722. The Morgan fingerprint density at radius 2 is 1.95 bits per heavy atom. The van der Waals surface area contributed by atoms with E-state index >= 15 is 0 Å². The lowest BCUT2D eigenvalue weighted by atomic mass is 9.62. The Balaban J connectivity index is 2.27. The molecule has 1 aliphatic heterocycles. The van der Waals surface area contributed by atoms with Crippen molar-refractivity contribution in [3.63, 3.8) is 0 Å². The molecule has 1 heterocycles. The number of carbonyl (C=O) groups excluding carboxylic acids is 2. The molecule has 5 heteroatoms. The zero-order valence-corrected chi connectivity index (χ0v) is 13.3. The number of methoxy groups -OCH3 is 2. The largest absolute Gasteiger partial charge is 0.473 e. The van der Waals surface area contributed by atoms with Crippen molar-refractivity contribution in [1.82, 2.24) is 0 Å². The minimum absolute atomic E-state index is 0.0721. The van der Waals surface area contributed by atoms with Crippen LogP contribution in [0.3, 0.4) is 0 Å². The van der Waals surface area contributed by atoms with Gasteiger partial charge in [0.15, 0.2) is 0 Å². The number of hydrogen-bond acceptors (Lipinski definition) is 5. The number of hydrogen-bond donors (Lipinski definition) is 0. The third-order valence-electron chi connectivity index (χ3n) is 5.63. The molecule has 2 bridgehead atoms. The van der Waals surface area contributed by atoms with Gasteiger partial charge in [0, 0.05) is 0 Å². The van der Waals surface area contributed by atoms with Crippen LogP contribution in [0.1, 0.15) is 32.6 Å². The van der Waals surface area contributed by atoms with Crippen molar-refractivity contribution in [3.8, 4) is 0 Å². The van der Waals surface area contributed by atoms with Gasteiger partial charge in [-0.3, -0.25) is 9.59 Å². The van der Waals surface area contributed by atoms with Gasteiger partial charge in [-0.2, -0.15) is 0 Å². The van der Waals surface area contributed by atoms with E-state index in [1.165, 1.54) is 14.2 Å². The summed E-state index contributed by atoms with van der Waals surface area (Å²) in [5, 5.41) is 0. The molecule has 2 aliphatic carbocycles. The molecule has 0 spiro atoms. The molecule has 2 saturated carbocycles. The number of rotatable bonds is 2. The van der Waals surface area contributed by atoms with Crippen molar-refractivity contribution < 1.29 is 23.8 Å². The second kappa shape index (κ2) is 5.45. The van der Waals surface area contributed by atoms with E-state index in [0.717, 1.165) is 36.8 Å². The van der Waals surface area contributed by atoms with Crippen molar-refractivity contribution in [2.24, 2.45) is 23.2 Å². The maximum atomic E-state index is 12.9. The summed E-state index contributed by atoms with van der Waals surface area (Å²) >= 11 is 0. The predicted octanol–water partition coefficient (Wildman–Crippen LogP) is 2.57. The number of fused-ring (bicyclic) bond motifs is 1. The highest BCUT2D eigenvalue weighted by atomic mass is 16.5. The first-order valence-electron chi connectivity index (χ1n) is 7.77. The van der Waals surface area contributed by atoms with E-state index in [1.54, 1.807) is 12.5 Å². The van der Waals surface area contributed by atoms with Crippen LogP contribution >= 0.6 is 0 Å². The second-order valence-corrected chi connectivity index (χ2v) is 6.45. The van der Waals surface area contributed by atoms with Crippen molar-refractivity contribution in [3.05, 3.63) is 23.7 Å². The monoisotopic (exact) mass is 306 g/mol. The summed E-state index contributed by atoms with van der Waals surface area (Å²) in [4.78, 5) is 25.5. The fraction of sp³-hybridized carbons (Fsp3) is 0.647. The van der Waals surface area contributed by atoms with Crippen molar-refractivity contribution in [1.29, 1.82) is 0 Å². The maximum absolute atomic E-state index is 12.9. The molecule has 0 aromatic heterocycles. The van der Waals surface area contributed by atoms with Crippen molar-refractivity contribution in [2.45, 2.75) is 32.6 Å². The highest BCUT2D eigenvalue weighted by molar-refractivity contribution is 5.91. The molecule has 0 N–H and O–H groups in total. The van der Waals surface area contributed by atoms with Crippen LogP contribution in [0.2, 0.25) is 0 Å². The predicted molar refractivity (Wildman–Crippen MR) is 78.3 cm³/mol. The Morgan fingerprint density at radius 3 is 2.64 bits per heavy atom. The SMILES string of the molecule is COC(=O)[C@H]1C2=COC=C3CC[C@@H]([C@H](C)CC2)[C@]31C(=O)OC. The van der Waals surface area contributed by atoms with Crippen LogP contribution in [0.4, 0.5) is 0 Å². The molecule has 5 nitrogen and oxygen atoms in total. The van der Waals surface area contributed by atoms with Crippen LogP contribution < -0.4 is 0 Å². The second-order valence-electron chi connectivity index (χ2n) is 6.45. The molecule has 0 aromatic rings. The van der Waals surface area contributed by atoms with Crippen LogP contribution in [-0.4, -0.2) is 26.2 Å². The molecule has 3 rings (SSSR count). The fourth-order valence-electron chi connectivity index (χ4n) is 4.66. The zero-order valence-electron chi connectivity index (χ0n) is 13.3. The van der Waals surface area contributed by atoms with E-state index in [1.807, 2.05) is 0 Å². The summed E-state index contributed by atoms with van der Waals surface area (Å²) < 4.78 is 15.7. The zero-order chi connectivity index (χ0) is 15.9. The first-order valence-corrected chi connectivity index (χ1v) is 7.77. The average molecular weight is 306 g/mol. The minimum Gasteiger partial charge on any atom is -0.473 e. The average Bonchev–Trinajstić information content (AvgIpc) is 2.74. The molecule has 0 amide bonds. The third kappa shape index (κ3) is 1.84. The van der Waals surface area contributed by atoms with Crippen LogP contribution in [0, 0.1) is 23.2 Å². The highest BCUT2D eigenvalue weighted by Crippen LogP contribution is 2.61. The number of ether oxygens (including phenoxy) is 3. The van der Waals surface area contributed by atoms with Gasteiger partial charge in [-0.25, -0.2) is 0 Å². The Kier molecular flexibility index (Phi) is 3.75. The molecule has 3 aliphatic rings. The molecule has 0 saturated heterocycles. The Bertz CT molecular complexity index is 561. The van der Waals surface area contributed by atoms with E-state index in [-0.39, 0.29) is 17.9 Å². The van der Waals surface area contributed by atoms with Gasteiger partial charge >= 0.3 is 11.9 Å².